The maximum absolute atomic E-state index is 8.99. The molecule has 1 saturated carbocycles. The van der Waals surface area contributed by atoms with Crippen molar-refractivity contribution >= 4 is 0 Å². The second-order valence-electron chi connectivity index (χ2n) is 4.57. The van der Waals surface area contributed by atoms with E-state index in [0.29, 0.717) is 17.5 Å². The first-order valence-corrected chi connectivity index (χ1v) is 5.99. The fraction of sp³-hybridized carbons (Fsp3) is 0.538. The topological polar surface area (TPSA) is 71.9 Å². The molecule has 17 heavy (non-hydrogen) atoms. The largest absolute Gasteiger partial charge is 0.473 e. The summed E-state index contributed by atoms with van der Waals surface area (Å²) < 4.78 is 5.82. The van der Waals surface area contributed by atoms with E-state index in [-0.39, 0.29) is 6.10 Å². The summed E-state index contributed by atoms with van der Waals surface area (Å²) in [4.78, 5) is 4.28. The highest BCUT2D eigenvalue weighted by atomic mass is 16.5. The maximum atomic E-state index is 8.99. The number of nitrogens with two attached hydrogens (primary N) is 1. The van der Waals surface area contributed by atoms with Crippen molar-refractivity contribution in [1.82, 2.24) is 4.98 Å². The maximum Gasteiger partial charge on any atom is 0.232 e. The summed E-state index contributed by atoms with van der Waals surface area (Å²) in [6, 6.07) is 5.99. The molecule has 0 aromatic carbocycles. The molecule has 1 aromatic heterocycles. The molecule has 2 N–H and O–H groups in total. The van der Waals surface area contributed by atoms with E-state index >= 15 is 0 Å². The second-order valence-corrected chi connectivity index (χ2v) is 4.57. The zero-order valence-electron chi connectivity index (χ0n) is 10.0. The Morgan fingerprint density at radius 2 is 2.06 bits per heavy atom. The van der Waals surface area contributed by atoms with Gasteiger partial charge in [0.05, 0.1) is 0 Å². The molecule has 0 aliphatic heterocycles. The lowest BCUT2D eigenvalue weighted by molar-refractivity contribution is 0.140. The van der Waals surface area contributed by atoms with Crippen molar-refractivity contribution in [3.8, 4) is 11.9 Å². The van der Waals surface area contributed by atoms with Crippen LogP contribution in [0.5, 0.6) is 5.88 Å². The van der Waals surface area contributed by atoms with Crippen LogP contribution in [0, 0.1) is 18.3 Å². The van der Waals surface area contributed by atoms with Crippen LogP contribution >= 0.6 is 0 Å². The smallest absolute Gasteiger partial charge is 0.232 e. The average molecular weight is 231 g/mol. The Bertz CT molecular complexity index is 431. The highest BCUT2D eigenvalue weighted by molar-refractivity contribution is 5.38. The third kappa shape index (κ3) is 2.95. The fourth-order valence-electron chi connectivity index (χ4n) is 2.07. The third-order valence-electron chi connectivity index (χ3n) is 3.12. The SMILES string of the molecule is Cc1ccc(C#N)c(OC2CCC(N)CC2)n1. The third-order valence-corrected chi connectivity index (χ3v) is 3.12. The molecule has 2 rings (SSSR count). The molecule has 90 valence electrons. The first-order valence-electron chi connectivity index (χ1n) is 5.99. The molecule has 1 aliphatic carbocycles. The van der Waals surface area contributed by atoms with Crippen LogP contribution in [0.25, 0.3) is 0 Å². The zero-order valence-corrected chi connectivity index (χ0v) is 10.0. The van der Waals surface area contributed by atoms with Crippen LogP contribution in [-0.4, -0.2) is 17.1 Å². The summed E-state index contributed by atoms with van der Waals surface area (Å²) in [6.45, 7) is 1.89. The van der Waals surface area contributed by atoms with Gasteiger partial charge >= 0.3 is 0 Å². The first-order chi connectivity index (χ1) is 8.19. The standard InChI is InChI=1S/C13H17N3O/c1-9-2-3-10(8-14)13(16-9)17-12-6-4-11(15)5-7-12/h2-3,11-12H,4-7,15H2,1H3. The molecule has 4 nitrogen and oxygen atoms in total. The minimum atomic E-state index is 0.149. The molecular weight excluding hydrogens is 214 g/mol. The molecule has 1 fully saturated rings. The van der Waals surface area contributed by atoms with Gasteiger partial charge in [-0.3, -0.25) is 0 Å². The van der Waals surface area contributed by atoms with Crippen LogP contribution in [0.3, 0.4) is 0 Å². The number of aromatic nitrogens is 1. The van der Waals surface area contributed by atoms with Gasteiger partial charge in [-0.15, -0.1) is 0 Å². The van der Waals surface area contributed by atoms with Crippen molar-refractivity contribution in [3.05, 3.63) is 23.4 Å². The van der Waals surface area contributed by atoms with Crippen molar-refractivity contribution < 1.29 is 4.74 Å². The number of aryl methyl sites for hydroxylation is 1. The number of hydrogen-bond acceptors (Lipinski definition) is 4. The number of nitrogens with zero attached hydrogens (tertiary/aromatic N) is 2. The van der Waals surface area contributed by atoms with Crippen LogP contribution < -0.4 is 10.5 Å². The van der Waals surface area contributed by atoms with Gasteiger partial charge < -0.3 is 10.5 Å². The highest BCUT2D eigenvalue weighted by Gasteiger charge is 2.21. The first kappa shape index (κ1) is 11.9. The molecule has 0 spiro atoms. The zero-order chi connectivity index (χ0) is 12.3. The number of rotatable bonds is 2. The quantitative estimate of drug-likeness (QED) is 0.843. The van der Waals surface area contributed by atoms with Gasteiger partial charge in [-0.25, -0.2) is 4.98 Å². The average Bonchev–Trinajstić information content (AvgIpc) is 2.32. The van der Waals surface area contributed by atoms with Crippen LogP contribution in [0.4, 0.5) is 0 Å². The molecule has 1 aromatic rings. The Morgan fingerprint density at radius 1 is 1.35 bits per heavy atom. The molecule has 0 radical (unpaired) electrons. The predicted octanol–water partition coefficient (Wildman–Crippen LogP) is 1.91. The van der Waals surface area contributed by atoms with E-state index in [1.807, 2.05) is 13.0 Å². The Balaban J connectivity index is 2.08. The van der Waals surface area contributed by atoms with Crippen molar-refractivity contribution in [2.24, 2.45) is 5.73 Å². The van der Waals surface area contributed by atoms with E-state index < -0.39 is 0 Å². The number of ether oxygens (including phenoxy) is 1. The predicted molar refractivity (Wildman–Crippen MR) is 64.5 cm³/mol. The van der Waals surface area contributed by atoms with Crippen LogP contribution in [0.1, 0.15) is 36.9 Å². The van der Waals surface area contributed by atoms with Gasteiger partial charge in [0, 0.05) is 11.7 Å². The van der Waals surface area contributed by atoms with Gasteiger partial charge in [-0.1, -0.05) is 0 Å². The Morgan fingerprint density at radius 3 is 2.71 bits per heavy atom. The summed E-state index contributed by atoms with van der Waals surface area (Å²) in [5.41, 5.74) is 7.22. The Hall–Kier alpha value is -1.60. The molecule has 0 saturated heterocycles. The van der Waals surface area contributed by atoms with Crippen molar-refractivity contribution in [1.29, 1.82) is 5.26 Å². The van der Waals surface area contributed by atoms with E-state index in [0.717, 1.165) is 31.4 Å². The second kappa shape index (κ2) is 5.15. The molecule has 0 unspecified atom stereocenters. The number of pyridine rings is 1. The van der Waals surface area contributed by atoms with Gasteiger partial charge in [0.15, 0.2) is 0 Å². The lowest BCUT2D eigenvalue weighted by atomic mass is 9.94. The molecule has 4 heteroatoms. The normalized spacial score (nSPS) is 24.1. The summed E-state index contributed by atoms with van der Waals surface area (Å²) >= 11 is 0. The minimum Gasteiger partial charge on any atom is -0.473 e. The van der Waals surface area contributed by atoms with E-state index in [2.05, 4.69) is 11.1 Å². The number of nitriles is 1. The Kier molecular flexibility index (Phi) is 3.60. The van der Waals surface area contributed by atoms with Gasteiger partial charge in [-0.2, -0.15) is 5.26 Å². The van der Waals surface area contributed by atoms with Crippen LogP contribution in [0.15, 0.2) is 12.1 Å². The van der Waals surface area contributed by atoms with Crippen molar-refractivity contribution in [3.63, 3.8) is 0 Å². The lowest BCUT2D eigenvalue weighted by Crippen LogP contribution is -2.32. The summed E-state index contributed by atoms with van der Waals surface area (Å²) in [6.07, 6.45) is 4.01. The van der Waals surface area contributed by atoms with Crippen molar-refractivity contribution in [2.45, 2.75) is 44.8 Å². The monoisotopic (exact) mass is 231 g/mol. The van der Waals surface area contributed by atoms with Gasteiger partial charge in [0.1, 0.15) is 17.7 Å². The van der Waals surface area contributed by atoms with Crippen LogP contribution in [-0.2, 0) is 0 Å². The van der Waals surface area contributed by atoms with Crippen molar-refractivity contribution in [2.75, 3.05) is 0 Å². The molecule has 1 aliphatic rings. The van der Waals surface area contributed by atoms with Gasteiger partial charge in [0.2, 0.25) is 5.88 Å². The molecule has 0 amide bonds. The Labute approximate surface area is 101 Å². The van der Waals surface area contributed by atoms with Gasteiger partial charge in [-0.05, 0) is 44.7 Å². The summed E-state index contributed by atoms with van der Waals surface area (Å²) in [7, 11) is 0. The van der Waals surface area contributed by atoms with E-state index in [1.165, 1.54) is 0 Å². The minimum absolute atomic E-state index is 0.149. The van der Waals surface area contributed by atoms with E-state index in [4.69, 9.17) is 15.7 Å². The van der Waals surface area contributed by atoms with Crippen LogP contribution in [0.2, 0.25) is 0 Å². The molecular formula is C13H17N3O. The summed E-state index contributed by atoms with van der Waals surface area (Å²) in [5, 5.41) is 8.99. The molecule has 0 atom stereocenters. The molecule has 0 bridgehead atoms. The molecule has 1 heterocycles. The lowest BCUT2D eigenvalue weighted by Gasteiger charge is -2.26. The van der Waals surface area contributed by atoms with Gasteiger partial charge in [0.25, 0.3) is 0 Å². The highest BCUT2D eigenvalue weighted by Crippen LogP contribution is 2.24. The number of hydrogen-bond donors (Lipinski definition) is 1. The summed E-state index contributed by atoms with van der Waals surface area (Å²) in [5.74, 6) is 0.466. The van der Waals surface area contributed by atoms with E-state index in [9.17, 15) is 0 Å². The van der Waals surface area contributed by atoms with E-state index in [1.54, 1.807) is 6.07 Å². The fourth-order valence-corrected chi connectivity index (χ4v) is 2.07.